The maximum atomic E-state index is 13.7. The molecule has 1 heterocycles. The molecule has 0 amide bonds. The summed E-state index contributed by atoms with van der Waals surface area (Å²) < 4.78 is 13.7. The number of aromatic nitrogens is 2. The van der Waals surface area contributed by atoms with Crippen LogP contribution in [0.4, 0.5) is 4.39 Å². The molecule has 0 radical (unpaired) electrons. The van der Waals surface area contributed by atoms with Gasteiger partial charge in [0.1, 0.15) is 16.7 Å². The summed E-state index contributed by atoms with van der Waals surface area (Å²) in [5, 5.41) is 10.1. The lowest BCUT2D eigenvalue weighted by atomic mass is 10.2. The fraction of sp³-hybridized carbons (Fsp3) is 0. The molecule has 0 atom stereocenters. The first-order valence-electron chi connectivity index (χ1n) is 5.56. The molecule has 94 valence electrons. The fourth-order valence-electron chi connectivity index (χ4n) is 1.84. The van der Waals surface area contributed by atoms with E-state index in [-0.39, 0.29) is 16.7 Å². The first-order valence-corrected chi connectivity index (χ1v) is 5.94. The lowest BCUT2D eigenvalue weighted by Gasteiger charge is -2.05. The number of fused-ring (bicyclic) bond motifs is 1. The monoisotopic (exact) mass is 274 g/mol. The summed E-state index contributed by atoms with van der Waals surface area (Å²) in [4.78, 5) is 8.34. The van der Waals surface area contributed by atoms with E-state index in [9.17, 15) is 9.50 Å². The Hall–Kier alpha value is -2.20. The van der Waals surface area contributed by atoms with Gasteiger partial charge in [0.25, 0.3) is 0 Å². The van der Waals surface area contributed by atoms with Gasteiger partial charge in [-0.15, -0.1) is 0 Å². The van der Waals surface area contributed by atoms with Crippen molar-refractivity contribution in [1.29, 1.82) is 0 Å². The highest BCUT2D eigenvalue weighted by atomic mass is 35.5. The summed E-state index contributed by atoms with van der Waals surface area (Å²) in [5.74, 6) is -0.102. The molecule has 0 saturated carbocycles. The van der Waals surface area contributed by atoms with Crippen molar-refractivity contribution in [2.45, 2.75) is 0 Å². The number of phenolic OH excluding ortho intramolecular Hbond substituents is 1. The van der Waals surface area contributed by atoms with Crippen LogP contribution in [0, 0.1) is 5.82 Å². The third-order valence-corrected chi connectivity index (χ3v) is 3.04. The Bertz CT molecular complexity index is 776. The SMILES string of the molecule is Oc1ccc2nc(-c3ccccc3F)nc(Cl)c2c1. The molecule has 0 aliphatic heterocycles. The number of benzene rings is 2. The zero-order valence-electron chi connectivity index (χ0n) is 9.64. The van der Waals surface area contributed by atoms with Crippen LogP contribution in [0.2, 0.25) is 5.15 Å². The first kappa shape index (κ1) is 11.9. The fourth-order valence-corrected chi connectivity index (χ4v) is 2.07. The zero-order valence-corrected chi connectivity index (χ0v) is 10.4. The molecule has 3 nitrogen and oxygen atoms in total. The van der Waals surface area contributed by atoms with Crippen molar-refractivity contribution in [1.82, 2.24) is 9.97 Å². The van der Waals surface area contributed by atoms with Crippen LogP contribution < -0.4 is 0 Å². The molecule has 2 aromatic carbocycles. The van der Waals surface area contributed by atoms with Crippen LogP contribution in [-0.2, 0) is 0 Å². The van der Waals surface area contributed by atoms with E-state index >= 15 is 0 Å². The van der Waals surface area contributed by atoms with E-state index < -0.39 is 5.82 Å². The molecule has 0 bridgehead atoms. The predicted molar refractivity (Wildman–Crippen MR) is 71.6 cm³/mol. The topological polar surface area (TPSA) is 46.0 Å². The summed E-state index contributed by atoms with van der Waals surface area (Å²) in [6, 6.07) is 10.8. The van der Waals surface area contributed by atoms with Crippen molar-refractivity contribution in [2.24, 2.45) is 0 Å². The number of halogens is 2. The van der Waals surface area contributed by atoms with E-state index in [1.165, 1.54) is 18.2 Å². The van der Waals surface area contributed by atoms with Gasteiger partial charge in [0.05, 0.1) is 11.1 Å². The molecule has 5 heteroatoms. The molecule has 0 unspecified atom stereocenters. The maximum Gasteiger partial charge on any atom is 0.164 e. The van der Waals surface area contributed by atoms with Crippen molar-refractivity contribution in [3.8, 4) is 17.1 Å². The standard InChI is InChI=1S/C14H8ClFN2O/c15-13-10-7-8(19)5-6-12(10)17-14(18-13)9-3-1-2-4-11(9)16/h1-7,19H. The average Bonchev–Trinajstić information content (AvgIpc) is 2.40. The van der Waals surface area contributed by atoms with Gasteiger partial charge in [0.2, 0.25) is 0 Å². The summed E-state index contributed by atoms with van der Waals surface area (Å²) >= 11 is 6.05. The van der Waals surface area contributed by atoms with Gasteiger partial charge < -0.3 is 5.11 Å². The summed E-state index contributed by atoms with van der Waals surface area (Å²) in [5.41, 5.74) is 0.843. The van der Waals surface area contributed by atoms with Crippen LogP contribution in [-0.4, -0.2) is 15.1 Å². The Morgan fingerprint density at radius 3 is 2.63 bits per heavy atom. The minimum absolute atomic E-state index is 0.0802. The third-order valence-electron chi connectivity index (χ3n) is 2.75. The number of hydrogen-bond acceptors (Lipinski definition) is 3. The van der Waals surface area contributed by atoms with E-state index in [2.05, 4.69) is 9.97 Å². The molecule has 0 saturated heterocycles. The van der Waals surface area contributed by atoms with Gasteiger partial charge in [-0.1, -0.05) is 23.7 Å². The molecule has 1 aromatic heterocycles. The Morgan fingerprint density at radius 2 is 1.84 bits per heavy atom. The molecular formula is C14H8ClFN2O. The molecule has 0 aliphatic rings. The van der Waals surface area contributed by atoms with Crippen LogP contribution in [0.5, 0.6) is 5.75 Å². The van der Waals surface area contributed by atoms with Gasteiger partial charge in [-0.3, -0.25) is 0 Å². The molecule has 3 rings (SSSR count). The Balaban J connectivity index is 2.27. The van der Waals surface area contributed by atoms with E-state index in [1.54, 1.807) is 24.3 Å². The highest BCUT2D eigenvalue weighted by molar-refractivity contribution is 6.34. The largest absolute Gasteiger partial charge is 0.508 e. The van der Waals surface area contributed by atoms with Crippen LogP contribution in [0.25, 0.3) is 22.3 Å². The number of nitrogens with zero attached hydrogens (tertiary/aromatic N) is 2. The smallest absolute Gasteiger partial charge is 0.164 e. The lowest BCUT2D eigenvalue weighted by Crippen LogP contribution is -1.94. The van der Waals surface area contributed by atoms with Crippen LogP contribution in [0.15, 0.2) is 42.5 Å². The lowest BCUT2D eigenvalue weighted by molar-refractivity contribution is 0.476. The summed E-state index contributed by atoms with van der Waals surface area (Å²) in [6.45, 7) is 0. The van der Waals surface area contributed by atoms with Gasteiger partial charge in [0, 0.05) is 5.39 Å². The predicted octanol–water partition coefficient (Wildman–Crippen LogP) is 3.79. The number of rotatable bonds is 1. The second kappa shape index (κ2) is 4.48. The van der Waals surface area contributed by atoms with E-state index in [1.807, 2.05) is 0 Å². The molecular weight excluding hydrogens is 267 g/mol. The van der Waals surface area contributed by atoms with E-state index in [0.29, 0.717) is 16.5 Å². The molecule has 19 heavy (non-hydrogen) atoms. The Kier molecular flexibility index (Phi) is 2.80. The normalized spacial score (nSPS) is 10.8. The molecule has 0 spiro atoms. The zero-order chi connectivity index (χ0) is 13.4. The molecule has 0 aliphatic carbocycles. The maximum absolute atomic E-state index is 13.7. The van der Waals surface area contributed by atoms with Gasteiger partial charge in [0.15, 0.2) is 5.82 Å². The van der Waals surface area contributed by atoms with E-state index in [0.717, 1.165) is 0 Å². The van der Waals surface area contributed by atoms with Gasteiger partial charge >= 0.3 is 0 Å². The van der Waals surface area contributed by atoms with Gasteiger partial charge in [-0.25, -0.2) is 14.4 Å². The van der Waals surface area contributed by atoms with E-state index in [4.69, 9.17) is 11.6 Å². The highest BCUT2D eigenvalue weighted by Gasteiger charge is 2.11. The number of hydrogen-bond donors (Lipinski definition) is 1. The second-order valence-electron chi connectivity index (χ2n) is 4.02. The minimum atomic E-state index is -0.406. The number of aromatic hydroxyl groups is 1. The third kappa shape index (κ3) is 2.11. The van der Waals surface area contributed by atoms with Crippen molar-refractivity contribution in [3.63, 3.8) is 0 Å². The van der Waals surface area contributed by atoms with Gasteiger partial charge in [-0.2, -0.15) is 0 Å². The van der Waals surface area contributed by atoms with Gasteiger partial charge in [-0.05, 0) is 30.3 Å². The van der Waals surface area contributed by atoms with Crippen LogP contribution in [0.3, 0.4) is 0 Å². The second-order valence-corrected chi connectivity index (χ2v) is 4.38. The van der Waals surface area contributed by atoms with Crippen LogP contribution >= 0.6 is 11.6 Å². The quantitative estimate of drug-likeness (QED) is 0.687. The number of phenols is 1. The first-order chi connectivity index (χ1) is 9.15. The molecule has 3 aromatic rings. The average molecular weight is 275 g/mol. The molecule has 0 fully saturated rings. The molecule has 1 N–H and O–H groups in total. The summed E-state index contributed by atoms with van der Waals surface area (Å²) in [6.07, 6.45) is 0. The van der Waals surface area contributed by atoms with Crippen molar-refractivity contribution < 1.29 is 9.50 Å². The van der Waals surface area contributed by atoms with Crippen molar-refractivity contribution in [2.75, 3.05) is 0 Å². The summed E-state index contributed by atoms with van der Waals surface area (Å²) in [7, 11) is 0. The Morgan fingerprint density at radius 1 is 1.05 bits per heavy atom. The van der Waals surface area contributed by atoms with Crippen molar-refractivity contribution >= 4 is 22.5 Å². The minimum Gasteiger partial charge on any atom is -0.508 e. The Labute approximate surface area is 113 Å². The van der Waals surface area contributed by atoms with Crippen molar-refractivity contribution in [3.05, 3.63) is 53.4 Å². The van der Waals surface area contributed by atoms with Crippen LogP contribution in [0.1, 0.15) is 0 Å². The highest BCUT2D eigenvalue weighted by Crippen LogP contribution is 2.28.